The normalized spacial score (nSPS) is 11.3. The van der Waals surface area contributed by atoms with E-state index in [-0.39, 0.29) is 4.90 Å². The number of methoxy groups -OCH3 is 1. The van der Waals surface area contributed by atoms with Crippen LogP contribution in [0.2, 0.25) is 5.02 Å². The monoisotopic (exact) mass is 391 g/mol. The summed E-state index contributed by atoms with van der Waals surface area (Å²) in [5.41, 5.74) is 2.55. The molecule has 0 aliphatic heterocycles. The second-order valence-corrected chi connectivity index (χ2v) is 7.38. The van der Waals surface area contributed by atoms with Gasteiger partial charge in [-0.25, -0.2) is 18.4 Å². The van der Waals surface area contributed by atoms with Crippen LogP contribution < -0.4 is 5.14 Å². The second-order valence-electron chi connectivity index (χ2n) is 5.38. The van der Waals surface area contributed by atoms with E-state index in [1.165, 1.54) is 25.4 Å². The van der Waals surface area contributed by atoms with Crippen LogP contribution >= 0.6 is 11.6 Å². The largest absolute Gasteiger partial charge is 0.451 e. The number of sulfonamides is 1. The number of nitrogens with two attached hydrogens (primary N) is 1. The number of rotatable bonds is 3. The molecule has 3 rings (SSSR count). The molecule has 9 heteroatoms. The molecule has 0 fully saturated rings. The lowest BCUT2D eigenvalue weighted by Crippen LogP contribution is -2.12. The third-order valence-corrected chi connectivity index (χ3v) is 4.87. The van der Waals surface area contributed by atoms with Crippen molar-refractivity contribution in [3.05, 3.63) is 59.8 Å². The Morgan fingerprint density at radius 2 is 1.65 bits per heavy atom. The maximum atomic E-state index is 11.8. The Kier molecular flexibility index (Phi) is 4.82. The molecule has 0 atom stereocenters. The quantitative estimate of drug-likeness (QED) is 0.738. The van der Waals surface area contributed by atoms with Crippen LogP contribution in [0, 0.1) is 0 Å². The number of hydrogen-bond donors (Lipinski definition) is 1. The van der Waals surface area contributed by atoms with E-state index in [4.69, 9.17) is 21.5 Å². The smallest absolute Gasteiger partial charge is 0.434 e. The fraction of sp³-hybridized carbons (Fsp3) is 0.0588. The van der Waals surface area contributed by atoms with Crippen molar-refractivity contribution in [2.75, 3.05) is 7.11 Å². The van der Waals surface area contributed by atoms with E-state index in [9.17, 15) is 13.2 Å². The van der Waals surface area contributed by atoms with E-state index in [0.29, 0.717) is 21.8 Å². The Balaban J connectivity index is 2.14. The van der Waals surface area contributed by atoms with Crippen molar-refractivity contribution >= 4 is 27.7 Å². The van der Waals surface area contributed by atoms with Crippen LogP contribution in [0.15, 0.2) is 59.6 Å². The SMILES string of the molecule is COC(=O)n1cc(-c2ccc(Cl)cc2)c(-c2ccc(S(N)(=O)=O)cc2)n1. The average Bonchev–Trinajstić information content (AvgIpc) is 3.06. The lowest BCUT2D eigenvalue weighted by Gasteiger charge is -2.04. The van der Waals surface area contributed by atoms with E-state index < -0.39 is 16.1 Å². The van der Waals surface area contributed by atoms with Crippen LogP contribution in [-0.4, -0.2) is 31.4 Å². The van der Waals surface area contributed by atoms with Crippen LogP contribution in [0.25, 0.3) is 22.4 Å². The Bertz CT molecular complexity index is 1060. The first-order valence-corrected chi connectivity index (χ1v) is 9.29. The van der Waals surface area contributed by atoms with Crippen molar-refractivity contribution in [2.24, 2.45) is 5.14 Å². The standard InChI is InChI=1S/C17H14ClN3O4S/c1-25-17(22)21-10-15(11-2-6-13(18)7-3-11)16(20-21)12-4-8-14(9-5-12)26(19,23)24/h2-10H,1H3,(H2,19,23,24). The topological polar surface area (TPSA) is 104 Å². The molecular formula is C17H14ClN3O4S. The third kappa shape index (κ3) is 3.62. The van der Waals surface area contributed by atoms with E-state index in [0.717, 1.165) is 10.2 Å². The minimum absolute atomic E-state index is 0.0123. The Morgan fingerprint density at radius 1 is 1.08 bits per heavy atom. The van der Waals surface area contributed by atoms with Gasteiger partial charge >= 0.3 is 6.09 Å². The summed E-state index contributed by atoms with van der Waals surface area (Å²) in [6.45, 7) is 0. The summed E-state index contributed by atoms with van der Waals surface area (Å²) in [5, 5.41) is 9.97. The molecule has 2 N–H and O–H groups in total. The van der Waals surface area contributed by atoms with E-state index in [2.05, 4.69) is 5.10 Å². The molecule has 0 saturated heterocycles. The van der Waals surface area contributed by atoms with Gasteiger partial charge in [-0.2, -0.15) is 9.78 Å². The molecular weight excluding hydrogens is 378 g/mol. The Hall–Kier alpha value is -2.68. The first-order valence-electron chi connectivity index (χ1n) is 7.37. The Morgan fingerprint density at radius 3 is 2.19 bits per heavy atom. The molecule has 0 aliphatic carbocycles. The fourth-order valence-corrected chi connectivity index (χ4v) is 3.06. The van der Waals surface area contributed by atoms with Gasteiger partial charge in [-0.15, -0.1) is 0 Å². The molecule has 3 aromatic rings. The summed E-state index contributed by atoms with van der Waals surface area (Å²) in [6, 6.07) is 12.9. The van der Waals surface area contributed by atoms with Crippen LogP contribution in [0.5, 0.6) is 0 Å². The molecule has 0 saturated carbocycles. The highest BCUT2D eigenvalue weighted by molar-refractivity contribution is 7.89. The molecule has 1 aromatic heterocycles. The number of carbonyl (C=O) groups is 1. The minimum atomic E-state index is -3.80. The van der Waals surface area contributed by atoms with E-state index in [1.54, 1.807) is 36.4 Å². The number of ether oxygens (including phenoxy) is 1. The summed E-state index contributed by atoms with van der Waals surface area (Å²) in [5.74, 6) is 0. The Labute approximate surface area is 155 Å². The summed E-state index contributed by atoms with van der Waals surface area (Å²) in [7, 11) is -2.54. The van der Waals surface area contributed by atoms with Gasteiger partial charge in [-0.1, -0.05) is 35.9 Å². The zero-order chi connectivity index (χ0) is 18.9. The van der Waals surface area contributed by atoms with Gasteiger partial charge in [0.15, 0.2) is 0 Å². The molecule has 7 nitrogen and oxygen atoms in total. The molecule has 0 amide bonds. The van der Waals surface area contributed by atoms with Crippen molar-refractivity contribution in [3.63, 3.8) is 0 Å². The number of carbonyl (C=O) groups excluding carboxylic acids is 1. The molecule has 26 heavy (non-hydrogen) atoms. The molecule has 134 valence electrons. The maximum Gasteiger partial charge on any atom is 0.434 e. The van der Waals surface area contributed by atoms with Crippen molar-refractivity contribution in [1.82, 2.24) is 9.78 Å². The minimum Gasteiger partial charge on any atom is -0.451 e. The van der Waals surface area contributed by atoms with Crippen molar-refractivity contribution < 1.29 is 17.9 Å². The van der Waals surface area contributed by atoms with E-state index in [1.807, 2.05) is 0 Å². The van der Waals surface area contributed by atoms with Gasteiger partial charge in [0, 0.05) is 22.3 Å². The van der Waals surface area contributed by atoms with Crippen molar-refractivity contribution in [3.8, 4) is 22.4 Å². The van der Waals surface area contributed by atoms with Crippen LogP contribution in [0.3, 0.4) is 0 Å². The molecule has 2 aromatic carbocycles. The van der Waals surface area contributed by atoms with Crippen LogP contribution in [-0.2, 0) is 14.8 Å². The van der Waals surface area contributed by atoms with Gasteiger partial charge < -0.3 is 4.74 Å². The fourth-order valence-electron chi connectivity index (χ4n) is 2.42. The van der Waals surface area contributed by atoms with Crippen molar-refractivity contribution in [2.45, 2.75) is 4.90 Å². The maximum absolute atomic E-state index is 11.8. The highest BCUT2D eigenvalue weighted by Gasteiger charge is 2.17. The first kappa shape index (κ1) is 18.1. The zero-order valence-corrected chi connectivity index (χ0v) is 15.2. The summed E-state index contributed by atoms with van der Waals surface area (Å²) in [6.07, 6.45) is 0.894. The highest BCUT2D eigenvalue weighted by Crippen LogP contribution is 2.32. The lowest BCUT2D eigenvalue weighted by atomic mass is 10.0. The van der Waals surface area contributed by atoms with Gasteiger partial charge in [-0.3, -0.25) is 0 Å². The lowest BCUT2D eigenvalue weighted by molar-refractivity contribution is 0.169. The molecule has 0 unspecified atom stereocenters. The number of benzene rings is 2. The summed E-state index contributed by atoms with van der Waals surface area (Å²) >= 11 is 5.93. The highest BCUT2D eigenvalue weighted by atomic mass is 35.5. The number of nitrogens with zero attached hydrogens (tertiary/aromatic N) is 2. The van der Waals surface area contributed by atoms with Crippen LogP contribution in [0.1, 0.15) is 0 Å². The number of hydrogen-bond acceptors (Lipinski definition) is 5. The molecule has 1 heterocycles. The molecule has 0 bridgehead atoms. The molecule has 0 radical (unpaired) electrons. The number of aromatic nitrogens is 2. The number of halogens is 1. The second kappa shape index (κ2) is 6.91. The molecule has 0 aliphatic rings. The summed E-state index contributed by atoms with van der Waals surface area (Å²) in [4.78, 5) is 11.8. The van der Waals surface area contributed by atoms with Crippen LogP contribution in [0.4, 0.5) is 4.79 Å². The van der Waals surface area contributed by atoms with Crippen molar-refractivity contribution in [1.29, 1.82) is 0 Å². The molecule has 0 spiro atoms. The van der Waals surface area contributed by atoms with Gasteiger partial charge in [0.1, 0.15) is 5.69 Å². The van der Waals surface area contributed by atoms with Gasteiger partial charge in [0.05, 0.1) is 12.0 Å². The third-order valence-electron chi connectivity index (χ3n) is 3.69. The van der Waals surface area contributed by atoms with Gasteiger partial charge in [0.2, 0.25) is 10.0 Å². The number of primary sulfonamides is 1. The predicted molar refractivity (Wildman–Crippen MR) is 97.3 cm³/mol. The van der Waals surface area contributed by atoms with Gasteiger partial charge in [0.25, 0.3) is 0 Å². The zero-order valence-electron chi connectivity index (χ0n) is 13.6. The summed E-state index contributed by atoms with van der Waals surface area (Å²) < 4.78 is 28.6. The van der Waals surface area contributed by atoms with E-state index >= 15 is 0 Å². The average molecular weight is 392 g/mol. The van der Waals surface area contributed by atoms with Gasteiger partial charge in [-0.05, 0) is 29.8 Å². The first-order chi connectivity index (χ1) is 12.3. The predicted octanol–water partition coefficient (Wildman–Crippen LogP) is 3.13.